The molecule has 8 heteroatoms. The smallest absolute Gasteiger partial charge is 0.230 e. The molecule has 6 nitrogen and oxygen atoms in total. The average molecular weight is 340 g/mol. The molecule has 0 bridgehead atoms. The summed E-state index contributed by atoms with van der Waals surface area (Å²) in [5.41, 5.74) is 0. The van der Waals surface area contributed by atoms with Crippen LogP contribution < -0.4 is 5.32 Å². The topological polar surface area (TPSA) is 69.0 Å². The summed E-state index contributed by atoms with van der Waals surface area (Å²) in [6, 6.07) is 4.02. The second-order valence-corrected chi connectivity index (χ2v) is 6.40. The zero-order chi connectivity index (χ0) is 15.8. The van der Waals surface area contributed by atoms with E-state index in [1.165, 1.54) is 11.8 Å². The fourth-order valence-electron chi connectivity index (χ4n) is 1.89. The van der Waals surface area contributed by atoms with Gasteiger partial charge in [-0.1, -0.05) is 17.8 Å². The molecule has 2 rings (SSSR count). The number of ether oxygens (including phenoxy) is 1. The van der Waals surface area contributed by atoms with Crippen molar-refractivity contribution in [3.63, 3.8) is 0 Å². The molecule has 0 spiro atoms. The van der Waals surface area contributed by atoms with Crippen LogP contribution in [0.3, 0.4) is 0 Å². The van der Waals surface area contributed by atoms with E-state index in [4.69, 9.17) is 4.74 Å². The molecule has 0 saturated carbocycles. The number of rotatable bonds is 9. The number of nitrogens with zero attached hydrogens (tertiary/aromatic N) is 3. The SMILES string of the molecule is CCn1c(SCC(=O)NCCCOC)nnc1-c1cccs1. The van der Waals surface area contributed by atoms with E-state index in [1.54, 1.807) is 18.4 Å². The maximum absolute atomic E-state index is 11.8. The third-order valence-corrected chi connectivity index (χ3v) is 4.79. The number of methoxy groups -OCH3 is 1. The van der Waals surface area contributed by atoms with Crippen molar-refractivity contribution in [2.75, 3.05) is 26.0 Å². The Hall–Kier alpha value is -1.38. The fourth-order valence-corrected chi connectivity index (χ4v) is 3.44. The quantitative estimate of drug-likeness (QED) is 0.560. The molecule has 2 aromatic rings. The number of hydrogen-bond acceptors (Lipinski definition) is 6. The van der Waals surface area contributed by atoms with Crippen molar-refractivity contribution < 1.29 is 9.53 Å². The van der Waals surface area contributed by atoms with Gasteiger partial charge in [-0.15, -0.1) is 21.5 Å². The maximum Gasteiger partial charge on any atom is 0.230 e. The third kappa shape index (κ3) is 4.56. The van der Waals surface area contributed by atoms with E-state index in [2.05, 4.69) is 22.4 Å². The molecule has 0 aliphatic heterocycles. The van der Waals surface area contributed by atoms with Gasteiger partial charge in [-0.2, -0.15) is 0 Å². The van der Waals surface area contributed by atoms with Gasteiger partial charge in [-0.05, 0) is 24.8 Å². The van der Waals surface area contributed by atoms with Gasteiger partial charge >= 0.3 is 0 Å². The van der Waals surface area contributed by atoms with E-state index in [1.807, 2.05) is 22.1 Å². The van der Waals surface area contributed by atoms with Crippen LogP contribution in [0.15, 0.2) is 22.7 Å². The summed E-state index contributed by atoms with van der Waals surface area (Å²) in [5, 5.41) is 14.1. The van der Waals surface area contributed by atoms with Crippen LogP contribution in [0, 0.1) is 0 Å². The molecule has 2 aromatic heterocycles. The van der Waals surface area contributed by atoms with Gasteiger partial charge in [0.2, 0.25) is 5.91 Å². The van der Waals surface area contributed by atoms with Crippen molar-refractivity contribution in [3.8, 4) is 10.7 Å². The average Bonchev–Trinajstić information content (AvgIpc) is 3.17. The Labute approximate surface area is 138 Å². The maximum atomic E-state index is 11.8. The number of thioether (sulfide) groups is 1. The lowest BCUT2D eigenvalue weighted by Gasteiger charge is -2.07. The lowest BCUT2D eigenvalue weighted by Crippen LogP contribution is -2.27. The molecule has 22 heavy (non-hydrogen) atoms. The number of carbonyl (C=O) groups excluding carboxylic acids is 1. The first kappa shape index (κ1) is 17.0. The zero-order valence-electron chi connectivity index (χ0n) is 12.7. The number of carbonyl (C=O) groups is 1. The minimum atomic E-state index is 0.00410. The molecule has 1 N–H and O–H groups in total. The molecule has 2 heterocycles. The first-order chi connectivity index (χ1) is 10.8. The van der Waals surface area contributed by atoms with Gasteiger partial charge in [0, 0.05) is 26.8 Å². The molecule has 0 radical (unpaired) electrons. The lowest BCUT2D eigenvalue weighted by atomic mass is 10.4. The van der Waals surface area contributed by atoms with E-state index >= 15 is 0 Å². The van der Waals surface area contributed by atoms with Crippen LogP contribution in [0.5, 0.6) is 0 Å². The number of nitrogens with one attached hydrogen (secondary N) is 1. The van der Waals surface area contributed by atoms with Gasteiger partial charge in [0.05, 0.1) is 10.6 Å². The van der Waals surface area contributed by atoms with Crippen LogP contribution in [0.25, 0.3) is 10.7 Å². The van der Waals surface area contributed by atoms with E-state index in [-0.39, 0.29) is 5.91 Å². The third-order valence-electron chi connectivity index (χ3n) is 2.95. The number of amides is 1. The van der Waals surface area contributed by atoms with E-state index < -0.39 is 0 Å². The van der Waals surface area contributed by atoms with Crippen LogP contribution in [-0.4, -0.2) is 46.7 Å². The fraction of sp³-hybridized carbons (Fsp3) is 0.500. The lowest BCUT2D eigenvalue weighted by molar-refractivity contribution is -0.118. The van der Waals surface area contributed by atoms with Crippen molar-refractivity contribution in [2.24, 2.45) is 0 Å². The predicted molar refractivity (Wildman–Crippen MR) is 89.2 cm³/mol. The monoisotopic (exact) mass is 340 g/mol. The summed E-state index contributed by atoms with van der Waals surface area (Å²) in [5.74, 6) is 1.21. The number of aromatic nitrogens is 3. The minimum Gasteiger partial charge on any atom is -0.385 e. The molecular formula is C14H20N4O2S2. The molecule has 0 aliphatic rings. The van der Waals surface area contributed by atoms with E-state index in [0.717, 1.165) is 28.8 Å². The van der Waals surface area contributed by atoms with Crippen molar-refractivity contribution >= 4 is 29.0 Å². The van der Waals surface area contributed by atoms with Gasteiger partial charge in [-0.25, -0.2) is 0 Å². The molecule has 0 fully saturated rings. The Morgan fingerprint density at radius 2 is 2.36 bits per heavy atom. The Bertz CT molecular complexity index is 584. The van der Waals surface area contributed by atoms with Crippen molar-refractivity contribution in [1.29, 1.82) is 0 Å². The molecule has 0 unspecified atom stereocenters. The highest BCUT2D eigenvalue weighted by molar-refractivity contribution is 7.99. The van der Waals surface area contributed by atoms with Crippen molar-refractivity contribution in [1.82, 2.24) is 20.1 Å². The Morgan fingerprint density at radius 1 is 1.50 bits per heavy atom. The second-order valence-electron chi connectivity index (χ2n) is 4.51. The predicted octanol–water partition coefficient (Wildman–Crippen LogP) is 2.27. The van der Waals surface area contributed by atoms with Gasteiger partial charge in [-0.3, -0.25) is 4.79 Å². The summed E-state index contributed by atoms with van der Waals surface area (Å²) in [6.07, 6.45) is 0.820. The van der Waals surface area contributed by atoms with Crippen LogP contribution in [0.1, 0.15) is 13.3 Å². The van der Waals surface area contributed by atoms with Crippen LogP contribution in [0.4, 0.5) is 0 Å². The number of thiophene rings is 1. The molecule has 0 saturated heterocycles. The van der Waals surface area contributed by atoms with Gasteiger partial charge in [0.1, 0.15) is 0 Å². The first-order valence-corrected chi connectivity index (χ1v) is 8.98. The van der Waals surface area contributed by atoms with Crippen LogP contribution in [-0.2, 0) is 16.1 Å². The van der Waals surface area contributed by atoms with Gasteiger partial charge in [0.25, 0.3) is 0 Å². The highest BCUT2D eigenvalue weighted by Gasteiger charge is 2.14. The van der Waals surface area contributed by atoms with Crippen LogP contribution in [0.2, 0.25) is 0 Å². The molecule has 0 aliphatic carbocycles. The first-order valence-electron chi connectivity index (χ1n) is 7.11. The van der Waals surface area contributed by atoms with Crippen molar-refractivity contribution in [3.05, 3.63) is 17.5 Å². The Kier molecular flexibility index (Phi) is 6.88. The number of hydrogen-bond donors (Lipinski definition) is 1. The van der Waals surface area contributed by atoms with Gasteiger partial charge in [0.15, 0.2) is 11.0 Å². The molecule has 120 valence electrons. The highest BCUT2D eigenvalue weighted by atomic mass is 32.2. The normalized spacial score (nSPS) is 10.8. The second kappa shape index (κ2) is 8.92. The summed E-state index contributed by atoms with van der Waals surface area (Å²) < 4.78 is 6.98. The molecule has 1 amide bonds. The Morgan fingerprint density at radius 3 is 3.05 bits per heavy atom. The largest absolute Gasteiger partial charge is 0.385 e. The van der Waals surface area contributed by atoms with Crippen molar-refractivity contribution in [2.45, 2.75) is 25.0 Å². The van der Waals surface area contributed by atoms with Gasteiger partial charge < -0.3 is 14.6 Å². The summed E-state index contributed by atoms with van der Waals surface area (Å²) >= 11 is 3.05. The highest BCUT2D eigenvalue weighted by Crippen LogP contribution is 2.26. The summed E-state index contributed by atoms with van der Waals surface area (Å²) in [6.45, 7) is 4.11. The standard InChI is InChI=1S/C14H20N4O2S2/c1-3-18-13(11-6-4-9-21-11)16-17-14(18)22-10-12(19)15-7-5-8-20-2/h4,6,9H,3,5,7-8,10H2,1-2H3,(H,15,19). The minimum absolute atomic E-state index is 0.00410. The van der Waals surface area contributed by atoms with Crippen LogP contribution >= 0.6 is 23.1 Å². The summed E-state index contributed by atoms with van der Waals surface area (Å²) in [7, 11) is 1.65. The zero-order valence-corrected chi connectivity index (χ0v) is 14.4. The molecule has 0 atom stereocenters. The summed E-state index contributed by atoms with van der Waals surface area (Å²) in [4.78, 5) is 12.9. The Balaban J connectivity index is 1.89. The van der Waals surface area contributed by atoms with E-state index in [9.17, 15) is 4.79 Å². The molecular weight excluding hydrogens is 320 g/mol. The van der Waals surface area contributed by atoms with E-state index in [0.29, 0.717) is 18.9 Å². The molecule has 0 aromatic carbocycles.